The van der Waals surface area contributed by atoms with Gasteiger partial charge in [0.2, 0.25) is 0 Å². The van der Waals surface area contributed by atoms with Gasteiger partial charge in [-0.25, -0.2) is 4.68 Å². The van der Waals surface area contributed by atoms with Crippen LogP contribution in [0.2, 0.25) is 0 Å². The van der Waals surface area contributed by atoms with Crippen molar-refractivity contribution in [3.63, 3.8) is 0 Å². The Balaban J connectivity index is 1.28. The van der Waals surface area contributed by atoms with Crippen molar-refractivity contribution in [1.82, 2.24) is 14.7 Å². The van der Waals surface area contributed by atoms with Crippen LogP contribution in [-0.2, 0) is 13.3 Å². The third kappa shape index (κ3) is 5.70. The molecule has 0 spiro atoms. The van der Waals surface area contributed by atoms with E-state index in [9.17, 15) is 4.79 Å². The van der Waals surface area contributed by atoms with Crippen LogP contribution >= 0.6 is 15.9 Å². The number of hydrogen-bond donors (Lipinski definition) is 1. The highest BCUT2D eigenvalue weighted by Gasteiger charge is 2.12. The summed E-state index contributed by atoms with van der Waals surface area (Å²) in [7, 11) is 0. The van der Waals surface area contributed by atoms with Crippen LogP contribution < -0.4 is 10.1 Å². The normalized spacial score (nSPS) is 14.4. The van der Waals surface area contributed by atoms with Gasteiger partial charge in [-0.3, -0.25) is 9.69 Å². The van der Waals surface area contributed by atoms with E-state index in [1.807, 2.05) is 36.4 Å². The lowest BCUT2D eigenvalue weighted by Gasteiger charge is -2.26. The van der Waals surface area contributed by atoms with Gasteiger partial charge in [0.1, 0.15) is 5.75 Å². The number of carbonyl (C=O) groups excluding carboxylic acids is 1. The first-order chi connectivity index (χ1) is 14.7. The fourth-order valence-electron chi connectivity index (χ4n) is 3.49. The largest absolute Gasteiger partial charge is 0.471 e. The minimum absolute atomic E-state index is 0.235. The van der Waals surface area contributed by atoms with E-state index in [0.717, 1.165) is 22.5 Å². The van der Waals surface area contributed by atoms with Gasteiger partial charge in [0.25, 0.3) is 5.91 Å². The molecule has 6 nitrogen and oxygen atoms in total. The monoisotopic (exact) mass is 468 g/mol. The van der Waals surface area contributed by atoms with Gasteiger partial charge in [-0.2, -0.15) is 5.10 Å². The quantitative estimate of drug-likeness (QED) is 0.534. The van der Waals surface area contributed by atoms with Gasteiger partial charge in [0.05, 0.1) is 0 Å². The van der Waals surface area contributed by atoms with Crippen LogP contribution in [0, 0.1) is 0 Å². The molecule has 1 aromatic heterocycles. The molecule has 2 heterocycles. The van der Waals surface area contributed by atoms with E-state index in [0.29, 0.717) is 5.69 Å². The first-order valence-corrected chi connectivity index (χ1v) is 11.0. The van der Waals surface area contributed by atoms with Gasteiger partial charge < -0.3 is 10.1 Å². The predicted octanol–water partition coefficient (Wildman–Crippen LogP) is 4.92. The molecular formula is C23H25BrN4O2. The molecule has 0 saturated carbocycles. The van der Waals surface area contributed by atoms with E-state index in [2.05, 4.69) is 43.4 Å². The average molecular weight is 469 g/mol. The van der Waals surface area contributed by atoms with Crippen molar-refractivity contribution in [2.24, 2.45) is 0 Å². The predicted molar refractivity (Wildman–Crippen MR) is 121 cm³/mol. The van der Waals surface area contributed by atoms with E-state index < -0.39 is 0 Å². The minimum atomic E-state index is -0.235. The zero-order chi connectivity index (χ0) is 20.8. The molecule has 1 N–H and O–H groups in total. The Labute approximate surface area is 185 Å². The Morgan fingerprint density at radius 3 is 2.47 bits per heavy atom. The zero-order valence-electron chi connectivity index (χ0n) is 16.8. The molecule has 1 amide bonds. The number of piperidine rings is 1. The molecule has 0 radical (unpaired) electrons. The second-order valence-corrected chi connectivity index (χ2v) is 8.37. The third-order valence-electron chi connectivity index (χ3n) is 5.12. The molecule has 1 aliphatic heterocycles. The summed E-state index contributed by atoms with van der Waals surface area (Å²) >= 11 is 3.39. The number of halogens is 1. The molecular weight excluding hydrogens is 444 g/mol. The number of hydrogen-bond acceptors (Lipinski definition) is 4. The number of amides is 1. The van der Waals surface area contributed by atoms with Crippen molar-refractivity contribution < 1.29 is 9.53 Å². The maximum Gasteiger partial charge on any atom is 0.276 e. The van der Waals surface area contributed by atoms with Gasteiger partial charge in [0.15, 0.2) is 12.4 Å². The number of ether oxygens (including phenoxy) is 1. The Hall–Kier alpha value is -2.64. The molecule has 0 aliphatic carbocycles. The lowest BCUT2D eigenvalue weighted by atomic mass is 10.1. The summed E-state index contributed by atoms with van der Waals surface area (Å²) < 4.78 is 8.27. The molecule has 1 aliphatic rings. The van der Waals surface area contributed by atoms with Gasteiger partial charge in [-0.15, -0.1) is 0 Å². The summed E-state index contributed by atoms with van der Waals surface area (Å²) in [6.07, 6.45) is 5.65. The number of benzene rings is 2. The maximum absolute atomic E-state index is 12.5. The number of aromatic nitrogens is 2. The Kier molecular flexibility index (Phi) is 6.81. The summed E-state index contributed by atoms with van der Waals surface area (Å²) in [5.41, 5.74) is 2.39. The smallest absolute Gasteiger partial charge is 0.276 e. The van der Waals surface area contributed by atoms with Gasteiger partial charge >= 0.3 is 0 Å². The summed E-state index contributed by atoms with van der Waals surface area (Å²) in [6, 6.07) is 17.3. The van der Waals surface area contributed by atoms with E-state index in [-0.39, 0.29) is 12.6 Å². The summed E-state index contributed by atoms with van der Waals surface area (Å²) in [5.74, 6) is 0.505. The average Bonchev–Trinajstić information content (AvgIpc) is 3.25. The van der Waals surface area contributed by atoms with Crippen molar-refractivity contribution in [2.75, 3.05) is 18.4 Å². The summed E-state index contributed by atoms with van der Waals surface area (Å²) in [6.45, 7) is 3.55. The second-order valence-electron chi connectivity index (χ2n) is 7.46. The van der Waals surface area contributed by atoms with Gasteiger partial charge in [-0.1, -0.05) is 34.5 Å². The number of nitrogens with zero attached hydrogens (tertiary/aromatic N) is 3. The van der Waals surface area contributed by atoms with E-state index in [1.54, 1.807) is 16.9 Å². The Morgan fingerprint density at radius 1 is 1.00 bits per heavy atom. The molecule has 3 aromatic rings. The second kappa shape index (κ2) is 9.91. The highest BCUT2D eigenvalue weighted by atomic mass is 79.9. The van der Waals surface area contributed by atoms with Crippen LogP contribution in [-0.4, -0.2) is 33.7 Å². The van der Waals surface area contributed by atoms with Crippen LogP contribution in [0.15, 0.2) is 65.3 Å². The molecule has 7 heteroatoms. The maximum atomic E-state index is 12.5. The lowest BCUT2D eigenvalue weighted by Crippen LogP contribution is -2.29. The molecule has 0 atom stereocenters. The summed E-state index contributed by atoms with van der Waals surface area (Å²) in [5, 5.41) is 7.21. The van der Waals surface area contributed by atoms with E-state index >= 15 is 0 Å². The Bertz CT molecular complexity index is 964. The van der Waals surface area contributed by atoms with Gasteiger partial charge in [0, 0.05) is 22.9 Å². The van der Waals surface area contributed by atoms with Crippen molar-refractivity contribution >= 4 is 27.5 Å². The standard InChI is InChI=1S/C23H25BrN4O2/c24-19-6-10-21(11-7-19)30-17-28-15-12-22(26-28)23(29)25-20-8-4-18(5-9-20)16-27-13-2-1-3-14-27/h4-12,15H,1-3,13-14,16-17H2,(H,25,29). The molecule has 1 saturated heterocycles. The molecule has 1 fully saturated rings. The number of rotatable bonds is 7. The van der Waals surface area contributed by atoms with Crippen LogP contribution in [0.4, 0.5) is 5.69 Å². The third-order valence-corrected chi connectivity index (χ3v) is 5.65. The number of anilines is 1. The zero-order valence-corrected chi connectivity index (χ0v) is 18.3. The number of nitrogens with one attached hydrogen (secondary N) is 1. The van der Waals surface area contributed by atoms with Crippen LogP contribution in [0.3, 0.4) is 0 Å². The molecule has 0 bridgehead atoms. The van der Waals surface area contributed by atoms with Crippen LogP contribution in [0.1, 0.15) is 35.3 Å². The van der Waals surface area contributed by atoms with Gasteiger partial charge in [-0.05, 0) is 74.0 Å². The fraction of sp³-hybridized carbons (Fsp3) is 0.304. The molecule has 4 rings (SSSR count). The van der Waals surface area contributed by atoms with E-state index in [1.165, 1.54) is 37.9 Å². The lowest BCUT2D eigenvalue weighted by molar-refractivity contribution is 0.102. The SMILES string of the molecule is O=C(Nc1ccc(CN2CCCCC2)cc1)c1ccn(COc2ccc(Br)cc2)n1. The highest BCUT2D eigenvalue weighted by Crippen LogP contribution is 2.17. The molecule has 2 aromatic carbocycles. The first-order valence-electron chi connectivity index (χ1n) is 10.2. The van der Waals surface area contributed by atoms with Crippen LogP contribution in [0.5, 0.6) is 5.75 Å². The molecule has 30 heavy (non-hydrogen) atoms. The van der Waals surface area contributed by atoms with Crippen molar-refractivity contribution in [3.8, 4) is 5.75 Å². The highest BCUT2D eigenvalue weighted by molar-refractivity contribution is 9.10. The number of likely N-dealkylation sites (tertiary alicyclic amines) is 1. The Morgan fingerprint density at radius 2 is 1.73 bits per heavy atom. The molecule has 0 unspecified atom stereocenters. The minimum Gasteiger partial charge on any atom is -0.471 e. The molecule has 156 valence electrons. The van der Waals surface area contributed by atoms with Crippen molar-refractivity contribution in [1.29, 1.82) is 0 Å². The first kappa shape index (κ1) is 20.6. The topological polar surface area (TPSA) is 59.4 Å². The number of carbonyl (C=O) groups is 1. The van der Waals surface area contributed by atoms with E-state index in [4.69, 9.17) is 4.74 Å². The summed E-state index contributed by atoms with van der Waals surface area (Å²) in [4.78, 5) is 15.0. The van der Waals surface area contributed by atoms with Crippen LogP contribution in [0.25, 0.3) is 0 Å². The van der Waals surface area contributed by atoms with Crippen molar-refractivity contribution in [2.45, 2.75) is 32.5 Å². The van der Waals surface area contributed by atoms with Crippen molar-refractivity contribution in [3.05, 3.63) is 76.5 Å². The fourth-order valence-corrected chi connectivity index (χ4v) is 3.75.